The van der Waals surface area contributed by atoms with Crippen LogP contribution in [0.4, 0.5) is 11.4 Å². The summed E-state index contributed by atoms with van der Waals surface area (Å²) in [7, 11) is 4.12. The van der Waals surface area contributed by atoms with Gasteiger partial charge in [-0.1, -0.05) is 30.3 Å². The molecule has 0 unspecified atom stereocenters. The summed E-state index contributed by atoms with van der Waals surface area (Å²) >= 11 is 2.35. The van der Waals surface area contributed by atoms with E-state index in [1.165, 1.54) is 16.8 Å². The molecule has 0 aliphatic rings. The van der Waals surface area contributed by atoms with Crippen LogP contribution in [0.2, 0.25) is 0 Å². The van der Waals surface area contributed by atoms with Crippen LogP contribution in [0.5, 0.6) is 0 Å². The van der Waals surface area contributed by atoms with E-state index in [1.807, 2.05) is 12.1 Å². The first kappa shape index (κ1) is 16.0. The SMILES string of the molecule is Cc1ccccc1N=C(I)CCc1ccc(N(C)C)cc1. The van der Waals surface area contributed by atoms with Crippen LogP contribution >= 0.6 is 22.6 Å². The van der Waals surface area contributed by atoms with E-state index >= 15 is 0 Å². The summed E-state index contributed by atoms with van der Waals surface area (Å²) in [6, 6.07) is 17.0. The van der Waals surface area contributed by atoms with Gasteiger partial charge in [-0.2, -0.15) is 0 Å². The van der Waals surface area contributed by atoms with Gasteiger partial charge in [0.1, 0.15) is 0 Å². The first-order valence-corrected chi connectivity index (χ1v) is 8.19. The van der Waals surface area contributed by atoms with Crippen molar-refractivity contribution >= 4 is 37.7 Å². The van der Waals surface area contributed by atoms with Crippen molar-refractivity contribution in [2.45, 2.75) is 19.8 Å². The predicted molar refractivity (Wildman–Crippen MR) is 101 cm³/mol. The van der Waals surface area contributed by atoms with E-state index in [1.54, 1.807) is 0 Å². The number of anilines is 1. The summed E-state index contributed by atoms with van der Waals surface area (Å²) < 4.78 is 1.15. The van der Waals surface area contributed by atoms with Crippen molar-refractivity contribution < 1.29 is 0 Å². The van der Waals surface area contributed by atoms with Crippen molar-refractivity contribution in [3.8, 4) is 0 Å². The molecule has 0 bridgehead atoms. The third-order valence-electron chi connectivity index (χ3n) is 3.43. The van der Waals surface area contributed by atoms with Crippen LogP contribution in [0.15, 0.2) is 53.5 Å². The van der Waals surface area contributed by atoms with E-state index in [2.05, 4.69) is 84.9 Å². The molecule has 3 heteroatoms. The van der Waals surface area contributed by atoms with Crippen molar-refractivity contribution in [3.63, 3.8) is 0 Å². The monoisotopic (exact) mass is 392 g/mol. The average molecular weight is 392 g/mol. The predicted octanol–water partition coefficient (Wildman–Crippen LogP) is 5.16. The maximum absolute atomic E-state index is 4.71. The van der Waals surface area contributed by atoms with Crippen molar-refractivity contribution in [1.29, 1.82) is 0 Å². The van der Waals surface area contributed by atoms with Gasteiger partial charge in [-0.3, -0.25) is 0 Å². The molecule has 0 amide bonds. The van der Waals surface area contributed by atoms with Crippen LogP contribution in [-0.4, -0.2) is 17.8 Å². The van der Waals surface area contributed by atoms with Gasteiger partial charge in [0.05, 0.1) is 9.41 Å². The summed E-state index contributed by atoms with van der Waals surface area (Å²) in [4.78, 5) is 6.83. The van der Waals surface area contributed by atoms with Gasteiger partial charge in [0.2, 0.25) is 0 Å². The van der Waals surface area contributed by atoms with Crippen LogP contribution in [0.1, 0.15) is 17.5 Å². The molecule has 2 aromatic rings. The molecule has 2 aromatic carbocycles. The number of aliphatic imine (C=N–C) groups is 1. The third kappa shape index (κ3) is 4.84. The van der Waals surface area contributed by atoms with Gasteiger partial charge in [-0.25, -0.2) is 4.99 Å². The van der Waals surface area contributed by atoms with Gasteiger partial charge in [0.25, 0.3) is 0 Å². The molecule has 2 rings (SSSR count). The molecule has 2 nitrogen and oxygen atoms in total. The van der Waals surface area contributed by atoms with Crippen LogP contribution in [0.25, 0.3) is 0 Å². The van der Waals surface area contributed by atoms with Crippen LogP contribution in [-0.2, 0) is 6.42 Å². The Morgan fingerprint density at radius 1 is 1.05 bits per heavy atom. The van der Waals surface area contributed by atoms with Gasteiger partial charge in [-0.15, -0.1) is 0 Å². The average Bonchev–Trinajstić information content (AvgIpc) is 2.48. The number of halogens is 1. The largest absolute Gasteiger partial charge is 0.378 e. The number of rotatable bonds is 5. The molecule has 0 atom stereocenters. The molecule has 0 radical (unpaired) electrons. The Balaban J connectivity index is 1.97. The lowest BCUT2D eigenvalue weighted by Crippen LogP contribution is -2.08. The highest BCUT2D eigenvalue weighted by atomic mass is 127. The molecule has 0 N–H and O–H groups in total. The first-order chi connectivity index (χ1) is 10.1. The molecule has 21 heavy (non-hydrogen) atoms. The highest BCUT2D eigenvalue weighted by Gasteiger charge is 2.01. The standard InChI is InChI=1S/C18H21IN2/c1-14-6-4-5-7-17(14)20-18(19)13-10-15-8-11-16(12-9-15)21(2)3/h4-9,11-12H,10,13H2,1-3H3. The van der Waals surface area contributed by atoms with Crippen molar-refractivity contribution in [1.82, 2.24) is 0 Å². The fourth-order valence-electron chi connectivity index (χ4n) is 2.08. The topological polar surface area (TPSA) is 15.6 Å². The Labute approximate surface area is 141 Å². The minimum absolute atomic E-state index is 0.982. The quantitative estimate of drug-likeness (QED) is 0.507. The Morgan fingerprint density at radius 3 is 2.33 bits per heavy atom. The lowest BCUT2D eigenvalue weighted by atomic mass is 10.1. The lowest BCUT2D eigenvalue weighted by molar-refractivity contribution is 1.05. The van der Waals surface area contributed by atoms with Gasteiger partial charge in [0.15, 0.2) is 0 Å². The second kappa shape index (κ2) is 7.59. The zero-order chi connectivity index (χ0) is 15.2. The summed E-state index contributed by atoms with van der Waals surface area (Å²) in [6.07, 6.45) is 2.01. The maximum Gasteiger partial charge on any atom is 0.0794 e. The second-order valence-electron chi connectivity index (χ2n) is 5.34. The number of hydrogen-bond acceptors (Lipinski definition) is 2. The van der Waals surface area contributed by atoms with Crippen molar-refractivity contribution in [3.05, 3.63) is 59.7 Å². The Bertz CT molecular complexity index is 615. The summed E-state index contributed by atoms with van der Waals surface area (Å²) in [6.45, 7) is 2.10. The Morgan fingerprint density at radius 2 is 1.71 bits per heavy atom. The summed E-state index contributed by atoms with van der Waals surface area (Å²) in [5.41, 5.74) is 4.89. The van der Waals surface area contributed by atoms with Crippen molar-refractivity contribution in [2.24, 2.45) is 4.99 Å². The molecule has 0 spiro atoms. The van der Waals surface area contributed by atoms with Gasteiger partial charge in [-0.05, 0) is 71.7 Å². The van der Waals surface area contributed by atoms with Gasteiger partial charge >= 0.3 is 0 Å². The number of aryl methyl sites for hydroxylation is 2. The number of para-hydroxylation sites is 1. The van der Waals surface area contributed by atoms with E-state index in [9.17, 15) is 0 Å². The van der Waals surface area contributed by atoms with E-state index in [-0.39, 0.29) is 0 Å². The number of hydrogen-bond donors (Lipinski definition) is 0. The van der Waals surface area contributed by atoms with Gasteiger partial charge < -0.3 is 4.90 Å². The highest BCUT2D eigenvalue weighted by Crippen LogP contribution is 2.20. The third-order valence-corrected chi connectivity index (χ3v) is 4.21. The normalized spacial score (nSPS) is 11.5. The minimum Gasteiger partial charge on any atom is -0.378 e. The molecular formula is C18H21IN2. The fourth-order valence-corrected chi connectivity index (χ4v) is 2.61. The first-order valence-electron chi connectivity index (χ1n) is 7.11. The van der Waals surface area contributed by atoms with E-state index in [0.717, 1.165) is 22.2 Å². The zero-order valence-electron chi connectivity index (χ0n) is 12.8. The second-order valence-corrected chi connectivity index (χ2v) is 6.58. The van der Waals surface area contributed by atoms with E-state index in [0.29, 0.717) is 0 Å². The summed E-state index contributed by atoms with van der Waals surface area (Å²) in [5, 5.41) is 0. The Hall–Kier alpha value is -1.36. The smallest absolute Gasteiger partial charge is 0.0794 e. The number of nitrogens with zero attached hydrogens (tertiary/aromatic N) is 2. The van der Waals surface area contributed by atoms with E-state index < -0.39 is 0 Å². The van der Waals surface area contributed by atoms with Gasteiger partial charge in [0, 0.05) is 19.8 Å². The molecule has 0 saturated heterocycles. The highest BCUT2D eigenvalue weighted by molar-refractivity contribution is 14.1. The van der Waals surface area contributed by atoms with Crippen LogP contribution in [0, 0.1) is 6.92 Å². The Kier molecular flexibility index (Phi) is 5.79. The molecule has 0 aliphatic heterocycles. The van der Waals surface area contributed by atoms with Crippen molar-refractivity contribution in [2.75, 3.05) is 19.0 Å². The molecule has 0 aliphatic carbocycles. The molecule has 0 fully saturated rings. The van der Waals surface area contributed by atoms with Crippen LogP contribution in [0.3, 0.4) is 0 Å². The minimum atomic E-state index is 0.982. The molecule has 110 valence electrons. The van der Waals surface area contributed by atoms with Crippen LogP contribution < -0.4 is 4.90 Å². The molecule has 0 heterocycles. The summed E-state index contributed by atoms with van der Waals surface area (Å²) in [5.74, 6) is 0. The lowest BCUT2D eigenvalue weighted by Gasteiger charge is -2.12. The molecule has 0 saturated carbocycles. The molecule has 0 aromatic heterocycles. The zero-order valence-corrected chi connectivity index (χ0v) is 15.0. The maximum atomic E-state index is 4.71. The fraction of sp³-hybridized carbons (Fsp3) is 0.278. The number of benzene rings is 2. The molecular weight excluding hydrogens is 371 g/mol. The van der Waals surface area contributed by atoms with E-state index in [4.69, 9.17) is 4.99 Å².